The first-order valence-corrected chi connectivity index (χ1v) is 7.27. The number of hydrogen-bond acceptors (Lipinski definition) is 4. The Hall–Kier alpha value is -1.75. The van der Waals surface area contributed by atoms with Crippen LogP contribution >= 0.6 is 0 Å². The van der Waals surface area contributed by atoms with Crippen LogP contribution in [0.15, 0.2) is 18.2 Å². The molecule has 1 N–H and O–H groups in total. The van der Waals surface area contributed by atoms with Crippen molar-refractivity contribution < 1.29 is 19.4 Å². The van der Waals surface area contributed by atoms with E-state index in [1.165, 1.54) is 0 Å². The molecule has 5 nitrogen and oxygen atoms in total. The number of ether oxygens (including phenoxy) is 2. The van der Waals surface area contributed by atoms with Crippen LogP contribution in [0.5, 0.6) is 11.5 Å². The predicted molar refractivity (Wildman–Crippen MR) is 79.8 cm³/mol. The van der Waals surface area contributed by atoms with Crippen molar-refractivity contribution >= 4 is 5.97 Å². The number of benzene rings is 1. The van der Waals surface area contributed by atoms with E-state index in [-0.39, 0.29) is 12.3 Å². The highest BCUT2D eigenvalue weighted by molar-refractivity contribution is 5.67. The highest BCUT2D eigenvalue weighted by Gasteiger charge is 2.22. The molecule has 0 aromatic heterocycles. The lowest BCUT2D eigenvalue weighted by atomic mass is 9.94. The fourth-order valence-corrected chi connectivity index (χ4v) is 2.92. The molecule has 0 radical (unpaired) electrons. The van der Waals surface area contributed by atoms with E-state index in [2.05, 4.69) is 4.90 Å². The van der Waals surface area contributed by atoms with Gasteiger partial charge in [-0.15, -0.1) is 0 Å². The van der Waals surface area contributed by atoms with E-state index in [9.17, 15) is 4.79 Å². The van der Waals surface area contributed by atoms with Crippen LogP contribution < -0.4 is 9.47 Å². The molecule has 0 spiro atoms. The van der Waals surface area contributed by atoms with Crippen molar-refractivity contribution in [3.8, 4) is 11.5 Å². The van der Waals surface area contributed by atoms with Crippen molar-refractivity contribution in [3.05, 3.63) is 23.8 Å². The molecule has 1 heterocycles. The third kappa shape index (κ3) is 4.63. The molecule has 0 aliphatic carbocycles. The van der Waals surface area contributed by atoms with E-state index in [1.807, 2.05) is 18.2 Å². The standard InChI is InChI=1S/C16H23NO4/c1-20-14-6-13(7-15(9-14)21-2)11-17-5-3-4-12(10-17)8-16(18)19/h6-7,9,12H,3-5,8,10-11H2,1-2H3,(H,18,19). The topological polar surface area (TPSA) is 59.0 Å². The third-order valence-corrected chi connectivity index (χ3v) is 3.88. The zero-order chi connectivity index (χ0) is 15.2. The van der Waals surface area contributed by atoms with Crippen LogP contribution in [0.25, 0.3) is 0 Å². The minimum absolute atomic E-state index is 0.253. The van der Waals surface area contributed by atoms with Crippen LogP contribution in [0.2, 0.25) is 0 Å². The van der Waals surface area contributed by atoms with Crippen molar-refractivity contribution in [2.24, 2.45) is 5.92 Å². The summed E-state index contributed by atoms with van der Waals surface area (Å²) in [6.45, 7) is 2.64. The van der Waals surface area contributed by atoms with Gasteiger partial charge in [0.1, 0.15) is 11.5 Å². The summed E-state index contributed by atoms with van der Waals surface area (Å²) in [5.41, 5.74) is 1.13. The molecule has 21 heavy (non-hydrogen) atoms. The van der Waals surface area contributed by atoms with Gasteiger partial charge in [0, 0.05) is 25.6 Å². The molecule has 1 aromatic rings. The van der Waals surface area contributed by atoms with Gasteiger partial charge in [0.25, 0.3) is 0 Å². The highest BCUT2D eigenvalue weighted by Crippen LogP contribution is 2.26. The molecule has 1 aliphatic heterocycles. The van der Waals surface area contributed by atoms with Crippen LogP contribution in [0.1, 0.15) is 24.8 Å². The number of nitrogens with zero attached hydrogens (tertiary/aromatic N) is 1. The highest BCUT2D eigenvalue weighted by atomic mass is 16.5. The lowest BCUT2D eigenvalue weighted by molar-refractivity contribution is -0.138. The normalized spacial score (nSPS) is 19.2. The predicted octanol–water partition coefficient (Wildman–Crippen LogP) is 2.39. The number of aliphatic carboxylic acids is 1. The van der Waals surface area contributed by atoms with Crippen LogP contribution in [0, 0.1) is 5.92 Å². The van der Waals surface area contributed by atoms with Gasteiger partial charge in [0.2, 0.25) is 0 Å². The summed E-state index contributed by atoms with van der Waals surface area (Å²) in [5, 5.41) is 8.93. The monoisotopic (exact) mass is 293 g/mol. The summed E-state index contributed by atoms with van der Waals surface area (Å²) in [5.74, 6) is 1.11. The average Bonchev–Trinajstić information content (AvgIpc) is 2.46. The molecule has 0 saturated carbocycles. The fraction of sp³-hybridized carbons (Fsp3) is 0.562. The first-order chi connectivity index (χ1) is 10.1. The van der Waals surface area contributed by atoms with Gasteiger partial charge in [-0.1, -0.05) is 0 Å². The average molecular weight is 293 g/mol. The van der Waals surface area contributed by atoms with Gasteiger partial charge >= 0.3 is 5.97 Å². The van der Waals surface area contributed by atoms with E-state index in [0.29, 0.717) is 0 Å². The van der Waals surface area contributed by atoms with Gasteiger partial charge in [-0.3, -0.25) is 9.69 Å². The molecule has 1 aliphatic rings. The zero-order valence-corrected chi connectivity index (χ0v) is 12.7. The number of hydrogen-bond donors (Lipinski definition) is 1. The first kappa shape index (κ1) is 15.6. The van der Waals surface area contributed by atoms with Crippen LogP contribution in [0.4, 0.5) is 0 Å². The molecule has 1 saturated heterocycles. The molecule has 2 rings (SSSR count). The summed E-state index contributed by atoms with van der Waals surface area (Å²) >= 11 is 0. The van der Waals surface area contributed by atoms with Crippen LogP contribution in [-0.4, -0.2) is 43.3 Å². The van der Waals surface area contributed by atoms with Crippen molar-refractivity contribution in [1.82, 2.24) is 4.90 Å². The second-order valence-corrected chi connectivity index (χ2v) is 5.56. The number of carboxylic acid groups (broad SMARTS) is 1. The quantitative estimate of drug-likeness (QED) is 0.872. The lowest BCUT2D eigenvalue weighted by Crippen LogP contribution is -2.35. The van der Waals surface area contributed by atoms with E-state index in [4.69, 9.17) is 14.6 Å². The van der Waals surface area contributed by atoms with Crippen LogP contribution in [0.3, 0.4) is 0 Å². The molecular formula is C16H23NO4. The Morgan fingerprint density at radius 2 is 1.95 bits per heavy atom. The van der Waals surface area contributed by atoms with Crippen molar-refractivity contribution in [1.29, 1.82) is 0 Å². The summed E-state index contributed by atoms with van der Waals surface area (Å²) in [6.07, 6.45) is 2.32. The minimum atomic E-state index is -0.704. The second-order valence-electron chi connectivity index (χ2n) is 5.56. The van der Waals surface area contributed by atoms with E-state index >= 15 is 0 Å². The fourth-order valence-electron chi connectivity index (χ4n) is 2.92. The number of carboxylic acids is 1. The molecule has 116 valence electrons. The van der Waals surface area contributed by atoms with E-state index < -0.39 is 5.97 Å². The molecule has 1 unspecified atom stereocenters. The maximum atomic E-state index is 10.8. The van der Waals surface area contributed by atoms with Gasteiger partial charge < -0.3 is 14.6 Å². The number of likely N-dealkylation sites (tertiary alicyclic amines) is 1. The number of carbonyl (C=O) groups is 1. The molecule has 0 amide bonds. The molecule has 5 heteroatoms. The molecule has 1 aromatic carbocycles. The maximum Gasteiger partial charge on any atom is 0.303 e. The van der Waals surface area contributed by atoms with E-state index in [1.54, 1.807) is 14.2 Å². The summed E-state index contributed by atoms with van der Waals surface area (Å²) in [6, 6.07) is 5.86. The van der Waals surface area contributed by atoms with Gasteiger partial charge in [0.15, 0.2) is 0 Å². The lowest BCUT2D eigenvalue weighted by Gasteiger charge is -2.32. The van der Waals surface area contributed by atoms with E-state index in [0.717, 1.165) is 49.5 Å². The number of methoxy groups -OCH3 is 2. The third-order valence-electron chi connectivity index (χ3n) is 3.88. The zero-order valence-electron chi connectivity index (χ0n) is 12.7. The minimum Gasteiger partial charge on any atom is -0.497 e. The Balaban J connectivity index is 2.01. The Bertz CT molecular complexity index is 467. The van der Waals surface area contributed by atoms with Gasteiger partial charge in [-0.25, -0.2) is 0 Å². The number of rotatable bonds is 6. The SMILES string of the molecule is COc1cc(CN2CCCC(CC(=O)O)C2)cc(OC)c1. The van der Waals surface area contributed by atoms with Gasteiger partial charge in [-0.2, -0.15) is 0 Å². The van der Waals surface area contributed by atoms with Crippen molar-refractivity contribution in [3.63, 3.8) is 0 Å². The van der Waals surface area contributed by atoms with Crippen molar-refractivity contribution in [2.45, 2.75) is 25.8 Å². The Morgan fingerprint density at radius 3 is 2.52 bits per heavy atom. The first-order valence-electron chi connectivity index (χ1n) is 7.27. The molecule has 1 fully saturated rings. The Morgan fingerprint density at radius 1 is 1.29 bits per heavy atom. The smallest absolute Gasteiger partial charge is 0.303 e. The van der Waals surface area contributed by atoms with Crippen molar-refractivity contribution in [2.75, 3.05) is 27.3 Å². The maximum absolute atomic E-state index is 10.8. The molecular weight excluding hydrogens is 270 g/mol. The number of piperidine rings is 1. The Kier molecular flexibility index (Phi) is 5.44. The second kappa shape index (κ2) is 7.31. The summed E-state index contributed by atoms with van der Waals surface area (Å²) in [4.78, 5) is 13.2. The van der Waals surface area contributed by atoms with Gasteiger partial charge in [-0.05, 0) is 43.0 Å². The van der Waals surface area contributed by atoms with Crippen LogP contribution in [-0.2, 0) is 11.3 Å². The van der Waals surface area contributed by atoms with Gasteiger partial charge in [0.05, 0.1) is 14.2 Å². The summed E-state index contributed by atoms with van der Waals surface area (Å²) < 4.78 is 10.6. The largest absolute Gasteiger partial charge is 0.497 e. The summed E-state index contributed by atoms with van der Waals surface area (Å²) in [7, 11) is 3.28. The Labute approximate surface area is 125 Å². The molecule has 0 bridgehead atoms. The molecule has 1 atom stereocenters.